The van der Waals surface area contributed by atoms with Gasteiger partial charge in [0.2, 0.25) is 0 Å². The second-order valence-electron chi connectivity index (χ2n) is 21.0. The zero-order valence-electron chi connectivity index (χ0n) is 44.1. The number of hydrogen-bond donors (Lipinski definition) is 2. The molecule has 0 saturated carbocycles. The lowest BCUT2D eigenvalue weighted by Crippen LogP contribution is -2.18. The highest BCUT2D eigenvalue weighted by atomic mass is 19.1. The maximum absolute atomic E-state index is 14.6. The molecular weight excluding hydrogens is 950 g/mol. The number of hydrogen-bond acceptors (Lipinski definition) is 10. The van der Waals surface area contributed by atoms with Crippen molar-refractivity contribution < 1.29 is 61.3 Å². The SMILES string of the molecule is COC(=O)c1ccc(-c2cc(OC)ccc2F)c(C2OCCC2(C)C)c1.COc1ccc(F)c(-c2ccc(CO)cc2[C@@H]2OCCC2(C)C)c1.COc1ccc(F)c(-c2ccc(CO)cc2[C@H]2OCCC2(C)C)c1. The van der Waals surface area contributed by atoms with Crippen LogP contribution in [0.15, 0.2) is 109 Å². The van der Waals surface area contributed by atoms with Crippen molar-refractivity contribution in [2.24, 2.45) is 16.2 Å². The van der Waals surface area contributed by atoms with Gasteiger partial charge in [0, 0.05) is 36.5 Å². The van der Waals surface area contributed by atoms with Gasteiger partial charge in [-0.3, -0.25) is 0 Å². The number of aliphatic hydroxyl groups is 2. The molecule has 0 spiro atoms. The van der Waals surface area contributed by atoms with Crippen LogP contribution in [0.3, 0.4) is 0 Å². The molecule has 2 N–H and O–H groups in total. The molecule has 3 aliphatic heterocycles. The van der Waals surface area contributed by atoms with Crippen molar-refractivity contribution in [2.45, 2.75) is 92.3 Å². The van der Waals surface area contributed by atoms with E-state index >= 15 is 0 Å². The second kappa shape index (κ2) is 23.5. The highest BCUT2D eigenvalue weighted by Gasteiger charge is 2.41. The highest BCUT2D eigenvalue weighted by molar-refractivity contribution is 5.91. The summed E-state index contributed by atoms with van der Waals surface area (Å²) in [5.41, 5.74) is 8.04. The Hall–Kier alpha value is -6.22. The summed E-state index contributed by atoms with van der Waals surface area (Å²) in [7, 11) is 6.01. The quantitative estimate of drug-likeness (QED) is 0.115. The molecule has 6 aromatic carbocycles. The van der Waals surface area contributed by atoms with Gasteiger partial charge >= 0.3 is 5.97 Å². The van der Waals surface area contributed by atoms with Gasteiger partial charge in [0.1, 0.15) is 34.7 Å². The number of ether oxygens (including phenoxy) is 7. The number of esters is 1. The molecular formula is C61H69F3O10. The van der Waals surface area contributed by atoms with Crippen LogP contribution >= 0.6 is 0 Å². The molecule has 9 rings (SSSR count). The van der Waals surface area contributed by atoms with E-state index in [1.165, 1.54) is 25.3 Å². The predicted octanol–water partition coefficient (Wildman–Crippen LogP) is 13.7. The summed E-state index contributed by atoms with van der Waals surface area (Å²) in [5, 5.41) is 19.0. The summed E-state index contributed by atoms with van der Waals surface area (Å²) < 4.78 is 82.1. The van der Waals surface area contributed by atoms with E-state index in [0.29, 0.717) is 64.9 Å². The van der Waals surface area contributed by atoms with Gasteiger partial charge in [-0.1, -0.05) is 84.0 Å². The first-order chi connectivity index (χ1) is 35.3. The first kappa shape index (κ1) is 55.5. The molecule has 0 aliphatic carbocycles. The molecule has 0 bridgehead atoms. The Labute approximate surface area is 433 Å². The smallest absolute Gasteiger partial charge is 0.337 e. The van der Waals surface area contributed by atoms with E-state index in [1.807, 2.05) is 36.4 Å². The molecule has 13 heteroatoms. The number of benzene rings is 6. The summed E-state index contributed by atoms with van der Waals surface area (Å²) >= 11 is 0. The first-order valence-corrected chi connectivity index (χ1v) is 24.9. The predicted molar refractivity (Wildman–Crippen MR) is 280 cm³/mol. The van der Waals surface area contributed by atoms with Crippen LogP contribution in [0, 0.1) is 33.7 Å². The normalized spacial score (nSPS) is 19.1. The third-order valence-corrected chi connectivity index (χ3v) is 14.5. The van der Waals surface area contributed by atoms with Gasteiger partial charge in [-0.15, -0.1) is 0 Å². The Morgan fingerprint density at radius 3 is 1.08 bits per heavy atom. The molecule has 0 aromatic heterocycles. The summed E-state index contributed by atoms with van der Waals surface area (Å²) in [4.78, 5) is 12.0. The van der Waals surface area contributed by atoms with E-state index in [4.69, 9.17) is 33.2 Å². The van der Waals surface area contributed by atoms with Crippen molar-refractivity contribution in [3.05, 3.63) is 160 Å². The van der Waals surface area contributed by atoms with Gasteiger partial charge in [-0.25, -0.2) is 18.0 Å². The monoisotopic (exact) mass is 1020 g/mol. The fourth-order valence-electron chi connectivity index (χ4n) is 10.1. The Bertz CT molecular complexity index is 2800. The topological polar surface area (TPSA) is 122 Å². The minimum atomic E-state index is -0.431. The lowest BCUT2D eigenvalue weighted by atomic mass is 9.79. The number of carbonyl (C=O) groups excluding carboxylic acids is 1. The molecule has 3 saturated heterocycles. The van der Waals surface area contributed by atoms with Crippen LogP contribution in [0.25, 0.3) is 33.4 Å². The third kappa shape index (κ3) is 12.1. The summed E-state index contributed by atoms with van der Waals surface area (Å²) in [6, 6.07) is 30.4. The molecule has 3 heterocycles. The van der Waals surface area contributed by atoms with Gasteiger partial charge in [0.05, 0.1) is 65.5 Å². The van der Waals surface area contributed by atoms with Gasteiger partial charge in [0.25, 0.3) is 0 Å². The minimum absolute atomic E-state index is 0.0435. The lowest BCUT2D eigenvalue weighted by Gasteiger charge is -2.28. The highest BCUT2D eigenvalue weighted by Crippen LogP contribution is 2.51. The van der Waals surface area contributed by atoms with Crippen molar-refractivity contribution in [1.29, 1.82) is 0 Å². The van der Waals surface area contributed by atoms with E-state index in [-0.39, 0.29) is 65.2 Å². The average Bonchev–Trinajstić information content (AvgIpc) is 4.08. The Morgan fingerprint density at radius 2 is 0.797 bits per heavy atom. The van der Waals surface area contributed by atoms with Crippen LogP contribution in [0.2, 0.25) is 0 Å². The zero-order valence-corrected chi connectivity index (χ0v) is 44.1. The largest absolute Gasteiger partial charge is 0.497 e. The van der Waals surface area contributed by atoms with Gasteiger partial charge in [-0.2, -0.15) is 0 Å². The van der Waals surface area contributed by atoms with E-state index in [1.54, 1.807) is 75.9 Å². The van der Waals surface area contributed by atoms with Gasteiger partial charge in [0.15, 0.2) is 0 Å². The molecule has 74 heavy (non-hydrogen) atoms. The maximum Gasteiger partial charge on any atom is 0.337 e. The minimum Gasteiger partial charge on any atom is -0.497 e. The van der Waals surface area contributed by atoms with E-state index in [0.717, 1.165) is 58.2 Å². The van der Waals surface area contributed by atoms with Crippen molar-refractivity contribution >= 4 is 5.97 Å². The van der Waals surface area contributed by atoms with Crippen molar-refractivity contribution in [3.63, 3.8) is 0 Å². The molecule has 3 atom stereocenters. The van der Waals surface area contributed by atoms with E-state index < -0.39 is 5.97 Å². The van der Waals surface area contributed by atoms with Gasteiger partial charge in [-0.05, 0) is 147 Å². The van der Waals surface area contributed by atoms with Crippen LogP contribution in [0.5, 0.6) is 17.2 Å². The maximum atomic E-state index is 14.6. The van der Waals surface area contributed by atoms with Crippen LogP contribution in [0.4, 0.5) is 13.2 Å². The molecule has 0 amide bonds. The number of carbonyl (C=O) groups is 1. The first-order valence-electron chi connectivity index (χ1n) is 24.9. The lowest BCUT2D eigenvalue weighted by molar-refractivity contribution is 0.0590. The van der Waals surface area contributed by atoms with Gasteiger partial charge < -0.3 is 43.4 Å². The zero-order chi connectivity index (χ0) is 53.5. The Morgan fingerprint density at radius 1 is 0.473 bits per heavy atom. The number of rotatable bonds is 12. The number of halogens is 3. The Balaban J connectivity index is 0.000000162. The van der Waals surface area contributed by atoms with E-state index in [2.05, 4.69) is 41.5 Å². The molecule has 3 aliphatic rings. The number of methoxy groups -OCH3 is 4. The fraction of sp³-hybridized carbons (Fsp3) is 0.393. The Kier molecular flexibility index (Phi) is 17.7. The summed E-state index contributed by atoms with van der Waals surface area (Å²) in [6.07, 6.45) is 2.27. The fourth-order valence-corrected chi connectivity index (χ4v) is 10.1. The molecule has 10 nitrogen and oxygen atoms in total. The summed E-state index contributed by atoms with van der Waals surface area (Å²) in [5.74, 6) is 0.393. The van der Waals surface area contributed by atoms with E-state index in [9.17, 15) is 28.2 Å². The third-order valence-electron chi connectivity index (χ3n) is 14.5. The molecule has 1 unspecified atom stereocenters. The second-order valence-corrected chi connectivity index (χ2v) is 21.0. The van der Waals surface area contributed by atoms with Crippen molar-refractivity contribution in [1.82, 2.24) is 0 Å². The molecule has 3 fully saturated rings. The van der Waals surface area contributed by atoms with Crippen LogP contribution in [-0.2, 0) is 32.2 Å². The summed E-state index contributed by atoms with van der Waals surface area (Å²) in [6.45, 7) is 14.7. The molecule has 394 valence electrons. The average molecular weight is 1020 g/mol. The van der Waals surface area contributed by atoms with Crippen LogP contribution in [-0.4, -0.2) is 64.4 Å². The van der Waals surface area contributed by atoms with Crippen LogP contribution < -0.4 is 14.2 Å². The molecule has 0 radical (unpaired) electrons. The number of aliphatic hydroxyl groups excluding tert-OH is 2. The molecule has 6 aromatic rings. The van der Waals surface area contributed by atoms with Crippen molar-refractivity contribution in [2.75, 3.05) is 48.3 Å². The van der Waals surface area contributed by atoms with Crippen LogP contribution in [0.1, 0.15) is 117 Å². The van der Waals surface area contributed by atoms with Crippen molar-refractivity contribution in [3.8, 4) is 50.6 Å². The standard InChI is InChI=1S/C21H23FO4.2C20H23FO3/c1-21(2)9-10-26-19(21)17-11-13(20(23)25-4)5-7-15(17)16-12-14(24-3)6-8-18(16)22;2*1-20(2)8-9-24-19(20)17-10-13(12-22)4-6-15(17)16-11-14(23-3)5-7-18(16)21/h5-8,11-12,19H,9-10H2,1-4H3;2*4-7,10-11,19,22H,8-9,12H2,1-3H3/t;2*19-/m.10/s1.